The molecule has 6 heteroatoms. The summed E-state index contributed by atoms with van der Waals surface area (Å²) in [5, 5.41) is 2.71. The van der Waals surface area contributed by atoms with Crippen molar-refractivity contribution in [1.82, 2.24) is 0 Å². The average Bonchev–Trinajstić information content (AvgIpc) is 2.84. The fraction of sp³-hybridized carbons (Fsp3) is 0.105. The predicted octanol–water partition coefficient (Wildman–Crippen LogP) is 4.36. The lowest BCUT2D eigenvalue weighted by Gasteiger charge is -2.14. The topological polar surface area (TPSA) is 49.4 Å². The van der Waals surface area contributed by atoms with Gasteiger partial charge in [-0.1, -0.05) is 53.8 Å². The van der Waals surface area contributed by atoms with Crippen molar-refractivity contribution in [1.29, 1.82) is 0 Å². The van der Waals surface area contributed by atoms with Gasteiger partial charge in [0.25, 0.3) is 5.91 Å². The van der Waals surface area contributed by atoms with Crippen LogP contribution in [0.2, 0.25) is 0 Å². The van der Waals surface area contributed by atoms with E-state index in [4.69, 9.17) is 12.2 Å². The standard InChI is InChI=1S/C19H16N2O2S2/c1-12-3-9-16(10-4-12)21-18(23)17(25-19(21)24)11-14-5-7-15(8-6-14)20-13(2)22/h3-11H,1-2H3,(H,20,22)/b17-11-. The first-order valence-corrected chi connectivity index (χ1v) is 8.89. The molecule has 0 saturated carbocycles. The van der Waals surface area contributed by atoms with Crippen molar-refractivity contribution >= 4 is 57.6 Å². The summed E-state index contributed by atoms with van der Waals surface area (Å²) in [5.74, 6) is -0.239. The molecule has 2 aromatic carbocycles. The maximum absolute atomic E-state index is 12.7. The quantitative estimate of drug-likeness (QED) is 0.646. The lowest BCUT2D eigenvalue weighted by Crippen LogP contribution is -2.27. The van der Waals surface area contributed by atoms with Gasteiger partial charge in [0.1, 0.15) is 0 Å². The number of nitrogens with one attached hydrogen (secondary N) is 1. The summed E-state index contributed by atoms with van der Waals surface area (Å²) in [4.78, 5) is 25.9. The Labute approximate surface area is 155 Å². The Morgan fingerprint density at radius 3 is 2.36 bits per heavy atom. The minimum absolute atomic E-state index is 0.119. The molecule has 0 spiro atoms. The number of amides is 2. The average molecular weight is 368 g/mol. The molecular weight excluding hydrogens is 352 g/mol. The van der Waals surface area contributed by atoms with Gasteiger partial charge < -0.3 is 5.32 Å². The van der Waals surface area contributed by atoms with Gasteiger partial charge in [0.15, 0.2) is 4.32 Å². The third-order valence-corrected chi connectivity index (χ3v) is 4.92. The van der Waals surface area contributed by atoms with Crippen LogP contribution in [0.25, 0.3) is 6.08 Å². The van der Waals surface area contributed by atoms with Crippen LogP contribution in [0.4, 0.5) is 11.4 Å². The molecule has 0 aliphatic carbocycles. The largest absolute Gasteiger partial charge is 0.326 e. The van der Waals surface area contributed by atoms with Gasteiger partial charge in [-0.15, -0.1) is 0 Å². The number of carbonyl (C=O) groups excluding carboxylic acids is 2. The molecule has 0 unspecified atom stereocenters. The number of aryl methyl sites for hydroxylation is 1. The molecule has 1 saturated heterocycles. The number of nitrogens with zero attached hydrogens (tertiary/aromatic N) is 1. The molecule has 1 aliphatic heterocycles. The predicted molar refractivity (Wildman–Crippen MR) is 108 cm³/mol. The highest BCUT2D eigenvalue weighted by Crippen LogP contribution is 2.36. The molecule has 3 rings (SSSR count). The van der Waals surface area contributed by atoms with Gasteiger partial charge in [-0.05, 0) is 42.8 Å². The molecule has 2 aromatic rings. The smallest absolute Gasteiger partial charge is 0.270 e. The first-order valence-electron chi connectivity index (χ1n) is 7.66. The minimum atomic E-state index is -0.121. The van der Waals surface area contributed by atoms with E-state index in [0.29, 0.717) is 9.23 Å². The van der Waals surface area contributed by atoms with E-state index < -0.39 is 0 Å². The molecule has 4 nitrogen and oxygen atoms in total. The summed E-state index contributed by atoms with van der Waals surface area (Å²) in [6.45, 7) is 3.46. The summed E-state index contributed by atoms with van der Waals surface area (Å²) in [6.07, 6.45) is 1.81. The van der Waals surface area contributed by atoms with Crippen molar-refractivity contribution in [3.63, 3.8) is 0 Å². The second kappa shape index (κ2) is 7.21. The normalized spacial score (nSPS) is 15.8. The monoisotopic (exact) mass is 368 g/mol. The first-order chi connectivity index (χ1) is 11.9. The number of benzene rings is 2. The van der Waals surface area contributed by atoms with E-state index in [1.165, 1.54) is 18.7 Å². The third-order valence-electron chi connectivity index (χ3n) is 3.61. The first kappa shape index (κ1) is 17.4. The number of anilines is 2. The van der Waals surface area contributed by atoms with Crippen LogP contribution < -0.4 is 10.2 Å². The maximum atomic E-state index is 12.7. The molecule has 1 fully saturated rings. The minimum Gasteiger partial charge on any atom is -0.326 e. The van der Waals surface area contributed by atoms with Crippen LogP contribution in [0.3, 0.4) is 0 Å². The van der Waals surface area contributed by atoms with Gasteiger partial charge in [0, 0.05) is 12.6 Å². The van der Waals surface area contributed by atoms with Gasteiger partial charge in [0.05, 0.1) is 10.6 Å². The number of carbonyl (C=O) groups is 2. The van der Waals surface area contributed by atoms with Crippen LogP contribution in [0, 0.1) is 6.92 Å². The van der Waals surface area contributed by atoms with E-state index in [2.05, 4.69) is 5.32 Å². The molecule has 25 heavy (non-hydrogen) atoms. The summed E-state index contributed by atoms with van der Waals surface area (Å²) in [7, 11) is 0. The van der Waals surface area contributed by atoms with Crippen LogP contribution in [0.1, 0.15) is 18.1 Å². The van der Waals surface area contributed by atoms with Gasteiger partial charge in [-0.2, -0.15) is 0 Å². The molecular formula is C19H16N2O2S2. The Bertz CT molecular complexity index is 871. The van der Waals surface area contributed by atoms with E-state index in [9.17, 15) is 9.59 Å². The van der Waals surface area contributed by atoms with E-state index in [1.54, 1.807) is 17.0 Å². The summed E-state index contributed by atoms with van der Waals surface area (Å²) < 4.78 is 0.523. The summed E-state index contributed by atoms with van der Waals surface area (Å²) in [5.41, 5.74) is 3.50. The molecule has 0 bridgehead atoms. The lowest BCUT2D eigenvalue weighted by molar-refractivity contribution is -0.114. The number of thiocarbonyl (C=S) groups is 1. The van der Waals surface area contributed by atoms with Gasteiger partial charge in [-0.3, -0.25) is 14.5 Å². The Morgan fingerprint density at radius 1 is 1.12 bits per heavy atom. The van der Waals surface area contributed by atoms with Crippen molar-refractivity contribution in [2.24, 2.45) is 0 Å². The molecule has 1 N–H and O–H groups in total. The van der Waals surface area contributed by atoms with E-state index in [0.717, 1.165) is 22.5 Å². The van der Waals surface area contributed by atoms with Gasteiger partial charge in [-0.25, -0.2) is 0 Å². The molecule has 1 heterocycles. The molecule has 126 valence electrons. The summed E-state index contributed by atoms with van der Waals surface area (Å²) >= 11 is 6.66. The van der Waals surface area contributed by atoms with E-state index >= 15 is 0 Å². The van der Waals surface area contributed by atoms with Gasteiger partial charge in [0.2, 0.25) is 5.91 Å². The number of hydrogen-bond acceptors (Lipinski definition) is 4. The second-order valence-corrected chi connectivity index (χ2v) is 7.33. The van der Waals surface area contributed by atoms with Crippen LogP contribution in [-0.4, -0.2) is 16.1 Å². The van der Waals surface area contributed by atoms with Crippen molar-refractivity contribution in [3.05, 3.63) is 64.6 Å². The highest BCUT2D eigenvalue weighted by atomic mass is 32.2. The molecule has 0 radical (unpaired) electrons. The van der Waals surface area contributed by atoms with Crippen molar-refractivity contribution in [2.45, 2.75) is 13.8 Å². The van der Waals surface area contributed by atoms with E-state index in [-0.39, 0.29) is 11.8 Å². The third kappa shape index (κ3) is 3.97. The van der Waals surface area contributed by atoms with Crippen LogP contribution in [0.15, 0.2) is 53.4 Å². The fourth-order valence-electron chi connectivity index (χ4n) is 2.40. The zero-order valence-corrected chi connectivity index (χ0v) is 15.4. The number of rotatable bonds is 3. The Hall–Kier alpha value is -2.44. The number of thioether (sulfide) groups is 1. The van der Waals surface area contributed by atoms with Crippen LogP contribution in [0.5, 0.6) is 0 Å². The van der Waals surface area contributed by atoms with E-state index in [1.807, 2.05) is 49.4 Å². The second-order valence-electron chi connectivity index (χ2n) is 5.66. The van der Waals surface area contributed by atoms with Crippen molar-refractivity contribution < 1.29 is 9.59 Å². The SMILES string of the molecule is CC(=O)Nc1ccc(/C=C2\SC(=S)N(c3ccc(C)cc3)C2=O)cc1. The van der Waals surface area contributed by atoms with Crippen molar-refractivity contribution in [2.75, 3.05) is 10.2 Å². The summed E-state index contributed by atoms with van der Waals surface area (Å²) in [6, 6.07) is 15.0. The fourth-order valence-corrected chi connectivity index (χ4v) is 3.70. The van der Waals surface area contributed by atoms with Crippen LogP contribution >= 0.6 is 24.0 Å². The maximum Gasteiger partial charge on any atom is 0.270 e. The molecule has 0 aromatic heterocycles. The molecule has 1 aliphatic rings. The number of hydrogen-bond donors (Lipinski definition) is 1. The van der Waals surface area contributed by atoms with Gasteiger partial charge >= 0.3 is 0 Å². The lowest BCUT2D eigenvalue weighted by atomic mass is 10.2. The zero-order chi connectivity index (χ0) is 18.0. The Morgan fingerprint density at radius 2 is 1.76 bits per heavy atom. The zero-order valence-electron chi connectivity index (χ0n) is 13.8. The highest BCUT2D eigenvalue weighted by Gasteiger charge is 2.33. The molecule has 2 amide bonds. The molecule has 0 atom stereocenters. The van der Waals surface area contributed by atoms with Crippen molar-refractivity contribution in [3.8, 4) is 0 Å². The Balaban J connectivity index is 1.82. The Kier molecular flexibility index (Phi) is 5.01. The van der Waals surface area contributed by atoms with Crippen LogP contribution in [-0.2, 0) is 9.59 Å². The highest BCUT2D eigenvalue weighted by molar-refractivity contribution is 8.27.